The van der Waals surface area contributed by atoms with Gasteiger partial charge in [-0.2, -0.15) is 0 Å². The lowest BCUT2D eigenvalue weighted by molar-refractivity contribution is 0.0950. The van der Waals surface area contributed by atoms with Gasteiger partial charge in [0.15, 0.2) is 0 Å². The zero-order valence-corrected chi connectivity index (χ0v) is 11.5. The smallest absolute Gasteiger partial charge is 0.257 e. The number of para-hydroxylation sites is 1. The van der Waals surface area contributed by atoms with Crippen LogP contribution in [-0.2, 0) is 0 Å². The lowest BCUT2D eigenvalue weighted by Gasteiger charge is -2.18. The van der Waals surface area contributed by atoms with Gasteiger partial charge in [0.1, 0.15) is 0 Å². The molecule has 1 atom stereocenters. The summed E-state index contributed by atoms with van der Waals surface area (Å²) in [6.07, 6.45) is 7.21. The summed E-state index contributed by atoms with van der Waals surface area (Å²) in [5, 5.41) is 1.17. The molecule has 0 radical (unpaired) electrons. The van der Waals surface area contributed by atoms with E-state index in [2.05, 4.69) is 26.0 Å². The fourth-order valence-corrected chi connectivity index (χ4v) is 2.95. The monoisotopic (exact) mass is 253 g/mol. The number of aromatic nitrogens is 1. The van der Waals surface area contributed by atoms with Crippen LogP contribution in [0.5, 0.6) is 0 Å². The van der Waals surface area contributed by atoms with Crippen LogP contribution in [0.25, 0.3) is 10.9 Å². The second kappa shape index (κ2) is 4.69. The molecule has 1 aliphatic carbocycles. The molecule has 0 aliphatic heterocycles. The molecule has 0 saturated heterocycles. The second-order valence-electron chi connectivity index (χ2n) is 5.62. The van der Waals surface area contributed by atoms with E-state index in [1.807, 2.05) is 29.0 Å². The molecule has 0 bridgehead atoms. The van der Waals surface area contributed by atoms with E-state index in [4.69, 9.17) is 0 Å². The summed E-state index contributed by atoms with van der Waals surface area (Å²) in [4.78, 5) is 12.7. The van der Waals surface area contributed by atoms with Crippen molar-refractivity contribution in [2.24, 2.45) is 5.92 Å². The molecule has 1 aromatic heterocycles. The molecular weight excluding hydrogens is 234 g/mol. The number of nitrogens with zero attached hydrogens (tertiary/aromatic N) is 1. The van der Waals surface area contributed by atoms with Gasteiger partial charge in [0.25, 0.3) is 5.91 Å². The van der Waals surface area contributed by atoms with Crippen molar-refractivity contribution in [1.29, 1.82) is 0 Å². The first kappa shape index (κ1) is 12.2. The van der Waals surface area contributed by atoms with Gasteiger partial charge in [0, 0.05) is 17.2 Å². The molecule has 2 heteroatoms. The number of fused-ring (bicyclic) bond motifs is 1. The highest BCUT2D eigenvalue weighted by molar-refractivity contribution is 6.02. The maximum atomic E-state index is 12.7. The minimum absolute atomic E-state index is 0.149. The van der Waals surface area contributed by atoms with Gasteiger partial charge in [-0.15, -0.1) is 0 Å². The number of carbonyl (C=O) groups excluding carboxylic acids is 1. The zero-order chi connectivity index (χ0) is 13.4. The average molecular weight is 253 g/mol. The molecule has 19 heavy (non-hydrogen) atoms. The van der Waals surface area contributed by atoms with Crippen LogP contribution < -0.4 is 0 Å². The molecule has 2 nitrogen and oxygen atoms in total. The molecule has 98 valence electrons. The SMILES string of the molecule is Cc1cn(C(=O)C2=CCCC(C)C2)c2ccccc12. The predicted octanol–water partition coefficient (Wildman–Crippen LogP) is 4.34. The quantitative estimate of drug-likeness (QED) is 0.741. The summed E-state index contributed by atoms with van der Waals surface area (Å²) in [5.74, 6) is 0.766. The molecule has 2 aromatic rings. The number of allylic oxidation sites excluding steroid dienone is 2. The molecular formula is C17H19NO. The van der Waals surface area contributed by atoms with Crippen LogP contribution in [-0.4, -0.2) is 10.5 Å². The van der Waals surface area contributed by atoms with Crippen molar-refractivity contribution in [3.8, 4) is 0 Å². The van der Waals surface area contributed by atoms with E-state index in [9.17, 15) is 4.79 Å². The van der Waals surface area contributed by atoms with E-state index in [1.165, 1.54) is 11.8 Å². The van der Waals surface area contributed by atoms with Gasteiger partial charge in [-0.1, -0.05) is 31.2 Å². The Morgan fingerprint density at radius 2 is 2.11 bits per heavy atom. The summed E-state index contributed by atoms with van der Waals surface area (Å²) in [7, 11) is 0. The van der Waals surface area contributed by atoms with Crippen LogP contribution in [0.3, 0.4) is 0 Å². The van der Waals surface area contributed by atoms with E-state index in [-0.39, 0.29) is 5.91 Å². The minimum atomic E-state index is 0.149. The third-order valence-electron chi connectivity index (χ3n) is 4.02. The predicted molar refractivity (Wildman–Crippen MR) is 78.4 cm³/mol. The average Bonchev–Trinajstić information content (AvgIpc) is 2.76. The summed E-state index contributed by atoms with van der Waals surface area (Å²) >= 11 is 0. The number of aryl methyl sites for hydroxylation is 1. The molecule has 0 N–H and O–H groups in total. The van der Waals surface area contributed by atoms with Crippen LogP contribution in [0.1, 0.15) is 36.5 Å². The highest BCUT2D eigenvalue weighted by Gasteiger charge is 2.20. The summed E-state index contributed by atoms with van der Waals surface area (Å²) < 4.78 is 1.81. The standard InChI is InChI=1S/C17H19NO/c1-12-6-5-7-14(10-12)17(19)18-11-13(2)15-8-3-4-9-16(15)18/h3-4,7-9,11-12H,5-6,10H2,1-2H3. The number of benzene rings is 1. The van der Waals surface area contributed by atoms with E-state index in [1.54, 1.807) is 0 Å². The molecule has 1 unspecified atom stereocenters. The molecule has 1 heterocycles. The van der Waals surface area contributed by atoms with Crippen molar-refractivity contribution in [2.75, 3.05) is 0 Å². The molecule has 0 spiro atoms. The summed E-state index contributed by atoms with van der Waals surface area (Å²) in [6.45, 7) is 4.28. The number of rotatable bonds is 1. The first-order valence-electron chi connectivity index (χ1n) is 6.97. The van der Waals surface area contributed by atoms with Crippen LogP contribution in [0.4, 0.5) is 0 Å². The highest BCUT2D eigenvalue weighted by Crippen LogP contribution is 2.27. The van der Waals surface area contributed by atoms with Crippen LogP contribution in [0.2, 0.25) is 0 Å². The molecule has 3 rings (SSSR count). The Morgan fingerprint density at radius 1 is 1.32 bits per heavy atom. The Kier molecular flexibility index (Phi) is 3.02. The lowest BCUT2D eigenvalue weighted by atomic mass is 9.90. The molecule has 0 saturated carbocycles. The van der Waals surface area contributed by atoms with Crippen molar-refractivity contribution in [1.82, 2.24) is 4.57 Å². The Hall–Kier alpha value is -1.83. The first-order valence-corrected chi connectivity index (χ1v) is 6.97. The van der Waals surface area contributed by atoms with Crippen molar-refractivity contribution in [3.05, 3.63) is 47.7 Å². The van der Waals surface area contributed by atoms with Gasteiger partial charge < -0.3 is 0 Å². The molecule has 0 amide bonds. The van der Waals surface area contributed by atoms with Gasteiger partial charge in [-0.05, 0) is 43.7 Å². The van der Waals surface area contributed by atoms with E-state index >= 15 is 0 Å². The van der Waals surface area contributed by atoms with Crippen molar-refractivity contribution < 1.29 is 4.79 Å². The third kappa shape index (κ3) is 2.12. The van der Waals surface area contributed by atoms with Crippen molar-refractivity contribution in [2.45, 2.75) is 33.1 Å². The Labute approximate surface area is 113 Å². The molecule has 1 aliphatic rings. The Balaban J connectivity index is 2.05. The summed E-state index contributed by atoms with van der Waals surface area (Å²) in [5.41, 5.74) is 3.15. The van der Waals surface area contributed by atoms with E-state index in [0.29, 0.717) is 5.92 Å². The van der Waals surface area contributed by atoms with Crippen LogP contribution in [0, 0.1) is 12.8 Å². The second-order valence-corrected chi connectivity index (χ2v) is 5.62. The maximum Gasteiger partial charge on any atom is 0.257 e. The fourth-order valence-electron chi connectivity index (χ4n) is 2.95. The van der Waals surface area contributed by atoms with Crippen LogP contribution in [0.15, 0.2) is 42.1 Å². The summed E-state index contributed by atoms with van der Waals surface area (Å²) in [6, 6.07) is 8.11. The number of hydrogen-bond acceptors (Lipinski definition) is 1. The molecule has 0 fully saturated rings. The lowest BCUT2D eigenvalue weighted by Crippen LogP contribution is -2.16. The highest BCUT2D eigenvalue weighted by atomic mass is 16.2. The normalized spacial score (nSPS) is 19.5. The van der Waals surface area contributed by atoms with E-state index in [0.717, 1.165) is 29.5 Å². The van der Waals surface area contributed by atoms with Gasteiger partial charge in [-0.25, -0.2) is 0 Å². The Bertz CT molecular complexity index is 663. The Morgan fingerprint density at radius 3 is 2.89 bits per heavy atom. The van der Waals surface area contributed by atoms with Crippen molar-refractivity contribution in [3.63, 3.8) is 0 Å². The molecule has 1 aromatic carbocycles. The van der Waals surface area contributed by atoms with Gasteiger partial charge in [0.05, 0.1) is 5.52 Å². The number of carbonyl (C=O) groups is 1. The third-order valence-corrected chi connectivity index (χ3v) is 4.02. The topological polar surface area (TPSA) is 22.0 Å². The maximum absolute atomic E-state index is 12.7. The number of hydrogen-bond donors (Lipinski definition) is 0. The minimum Gasteiger partial charge on any atom is -0.283 e. The first-order chi connectivity index (χ1) is 9.16. The van der Waals surface area contributed by atoms with Gasteiger partial charge >= 0.3 is 0 Å². The largest absolute Gasteiger partial charge is 0.283 e. The van der Waals surface area contributed by atoms with Crippen molar-refractivity contribution >= 4 is 16.8 Å². The van der Waals surface area contributed by atoms with Gasteiger partial charge in [0.2, 0.25) is 0 Å². The van der Waals surface area contributed by atoms with Gasteiger partial charge in [-0.3, -0.25) is 9.36 Å². The zero-order valence-electron chi connectivity index (χ0n) is 11.5. The van der Waals surface area contributed by atoms with Crippen LogP contribution >= 0.6 is 0 Å². The fraction of sp³-hybridized carbons (Fsp3) is 0.353. The van der Waals surface area contributed by atoms with E-state index < -0.39 is 0 Å².